The van der Waals surface area contributed by atoms with Crippen LogP contribution >= 0.6 is 0 Å². The minimum absolute atomic E-state index is 0.168. The quantitative estimate of drug-likeness (QED) is 0.471. The van der Waals surface area contributed by atoms with Crippen molar-refractivity contribution < 1.29 is 0 Å². The maximum Gasteiger partial charge on any atom is 0.237 e. The van der Waals surface area contributed by atoms with Gasteiger partial charge < -0.3 is 0 Å². The summed E-state index contributed by atoms with van der Waals surface area (Å²) in [6, 6.07) is 11.3. The Balaban J connectivity index is 2.74. The van der Waals surface area contributed by atoms with Crippen molar-refractivity contribution in [2.75, 3.05) is 5.43 Å². The van der Waals surface area contributed by atoms with Crippen LogP contribution in [0, 0.1) is 22.7 Å². The molecule has 0 heterocycles. The van der Waals surface area contributed by atoms with Crippen LogP contribution in [0.3, 0.4) is 0 Å². The Morgan fingerprint density at radius 2 is 1.94 bits per heavy atom. The van der Waals surface area contributed by atoms with Crippen molar-refractivity contribution in [2.45, 2.75) is 32.6 Å². The molecule has 0 aliphatic carbocycles. The summed E-state index contributed by atoms with van der Waals surface area (Å²) in [6.07, 6.45) is 4.48. The number of aryl methyl sites for hydroxylation is 1. The third-order valence-corrected chi connectivity index (χ3v) is 2.57. The summed E-state index contributed by atoms with van der Waals surface area (Å²) in [5.41, 5.74) is 4.63. The first kappa shape index (κ1) is 13.7. The normalized spacial score (nSPS) is 9.06. The van der Waals surface area contributed by atoms with E-state index in [-0.39, 0.29) is 5.71 Å². The van der Waals surface area contributed by atoms with Gasteiger partial charge in [0.05, 0.1) is 5.69 Å². The predicted molar refractivity (Wildman–Crippen MR) is 72.0 cm³/mol. The summed E-state index contributed by atoms with van der Waals surface area (Å²) >= 11 is 0. The van der Waals surface area contributed by atoms with Gasteiger partial charge in [-0.3, -0.25) is 5.43 Å². The van der Waals surface area contributed by atoms with Crippen LogP contribution in [0.15, 0.2) is 29.4 Å². The molecule has 0 saturated carbocycles. The fraction of sp³-hybridized carbons (Fsp3) is 0.357. The van der Waals surface area contributed by atoms with Crippen LogP contribution in [0.4, 0.5) is 5.69 Å². The van der Waals surface area contributed by atoms with Crippen molar-refractivity contribution in [1.82, 2.24) is 0 Å². The minimum Gasteiger partial charge on any atom is -0.276 e. The van der Waals surface area contributed by atoms with Gasteiger partial charge >= 0.3 is 0 Å². The number of nitrogens with one attached hydrogen (secondary N) is 1. The van der Waals surface area contributed by atoms with Gasteiger partial charge in [0, 0.05) is 0 Å². The van der Waals surface area contributed by atoms with Crippen LogP contribution in [0.25, 0.3) is 0 Å². The highest BCUT2D eigenvalue weighted by Gasteiger charge is 2.01. The van der Waals surface area contributed by atoms with Crippen molar-refractivity contribution >= 4 is 11.4 Å². The zero-order valence-corrected chi connectivity index (χ0v) is 10.5. The summed E-state index contributed by atoms with van der Waals surface area (Å²) in [6.45, 7) is 2.17. The van der Waals surface area contributed by atoms with Gasteiger partial charge in [0.1, 0.15) is 12.1 Å². The van der Waals surface area contributed by atoms with Gasteiger partial charge in [0.25, 0.3) is 0 Å². The molecular formula is C14H16N4. The standard InChI is InChI=1S/C14H16N4/c1-2-3-4-7-12-8-5-6-9-14(12)18-17-13(10-15)11-16/h5-6,8-9,18H,2-4,7H2,1H3. The summed E-state index contributed by atoms with van der Waals surface area (Å²) in [4.78, 5) is 0. The molecule has 0 amide bonds. The Hall–Kier alpha value is -2.33. The zero-order chi connectivity index (χ0) is 13.2. The number of nitriles is 2. The van der Waals surface area contributed by atoms with Crippen LogP contribution in [0.2, 0.25) is 0 Å². The molecule has 0 aliphatic heterocycles. The highest BCUT2D eigenvalue weighted by atomic mass is 15.3. The first-order valence-corrected chi connectivity index (χ1v) is 6.03. The first-order chi connectivity index (χ1) is 8.81. The van der Waals surface area contributed by atoms with Crippen molar-refractivity contribution in [3.05, 3.63) is 29.8 Å². The molecule has 0 spiro atoms. The van der Waals surface area contributed by atoms with Crippen LogP contribution in [0.1, 0.15) is 31.7 Å². The maximum absolute atomic E-state index is 8.60. The molecule has 1 aromatic carbocycles. The molecule has 1 N–H and O–H groups in total. The lowest BCUT2D eigenvalue weighted by molar-refractivity contribution is 0.718. The first-order valence-electron chi connectivity index (χ1n) is 6.03. The van der Waals surface area contributed by atoms with Crippen LogP contribution in [0.5, 0.6) is 0 Å². The Morgan fingerprint density at radius 3 is 2.61 bits per heavy atom. The second-order valence-electron chi connectivity index (χ2n) is 3.91. The number of anilines is 1. The summed E-state index contributed by atoms with van der Waals surface area (Å²) in [5.74, 6) is 0. The molecule has 1 rings (SSSR count). The molecule has 18 heavy (non-hydrogen) atoms. The predicted octanol–water partition coefficient (Wildman–Crippen LogP) is 3.23. The molecule has 0 radical (unpaired) electrons. The van der Waals surface area contributed by atoms with E-state index in [1.165, 1.54) is 12.8 Å². The van der Waals surface area contributed by atoms with Gasteiger partial charge in [-0.05, 0) is 24.5 Å². The molecule has 4 nitrogen and oxygen atoms in total. The van der Waals surface area contributed by atoms with E-state index in [0.717, 1.165) is 24.1 Å². The van der Waals surface area contributed by atoms with Crippen molar-refractivity contribution in [1.29, 1.82) is 10.5 Å². The third-order valence-electron chi connectivity index (χ3n) is 2.57. The molecular weight excluding hydrogens is 224 g/mol. The molecule has 0 fully saturated rings. The number of hydrogen-bond donors (Lipinski definition) is 1. The van der Waals surface area contributed by atoms with Crippen LogP contribution in [-0.4, -0.2) is 5.71 Å². The van der Waals surface area contributed by atoms with Gasteiger partial charge in [0.15, 0.2) is 0 Å². The number of para-hydroxylation sites is 1. The molecule has 92 valence electrons. The molecule has 0 bridgehead atoms. The summed E-state index contributed by atoms with van der Waals surface area (Å²) in [7, 11) is 0. The largest absolute Gasteiger partial charge is 0.276 e. The van der Waals surface area contributed by atoms with Crippen LogP contribution in [-0.2, 0) is 6.42 Å². The number of unbranched alkanes of at least 4 members (excludes halogenated alkanes) is 2. The van der Waals surface area contributed by atoms with Gasteiger partial charge in [-0.1, -0.05) is 38.0 Å². The smallest absolute Gasteiger partial charge is 0.237 e. The third kappa shape index (κ3) is 4.27. The Labute approximate surface area is 108 Å². The Kier molecular flexibility index (Phi) is 6.00. The van der Waals surface area contributed by atoms with E-state index < -0.39 is 0 Å². The molecule has 0 saturated heterocycles. The molecule has 1 aromatic rings. The van der Waals surface area contributed by atoms with E-state index in [2.05, 4.69) is 17.5 Å². The van der Waals surface area contributed by atoms with E-state index in [9.17, 15) is 0 Å². The van der Waals surface area contributed by atoms with Gasteiger partial charge in [-0.2, -0.15) is 15.6 Å². The molecule has 0 aliphatic rings. The summed E-state index contributed by atoms with van der Waals surface area (Å²) < 4.78 is 0. The topological polar surface area (TPSA) is 72.0 Å². The number of hydrogen-bond acceptors (Lipinski definition) is 4. The zero-order valence-electron chi connectivity index (χ0n) is 10.5. The number of benzene rings is 1. The monoisotopic (exact) mass is 240 g/mol. The lowest BCUT2D eigenvalue weighted by Crippen LogP contribution is -1.99. The van der Waals surface area contributed by atoms with Gasteiger partial charge in [0.2, 0.25) is 5.71 Å². The van der Waals surface area contributed by atoms with Crippen molar-refractivity contribution in [3.63, 3.8) is 0 Å². The maximum atomic E-state index is 8.60. The SMILES string of the molecule is CCCCCc1ccccc1NN=C(C#N)C#N. The van der Waals surface area contributed by atoms with Gasteiger partial charge in [-0.25, -0.2) is 0 Å². The highest BCUT2D eigenvalue weighted by Crippen LogP contribution is 2.17. The molecule has 0 aromatic heterocycles. The molecule has 4 heteroatoms. The van der Waals surface area contributed by atoms with Crippen molar-refractivity contribution in [2.24, 2.45) is 5.10 Å². The average Bonchev–Trinajstić information content (AvgIpc) is 2.41. The molecule has 0 unspecified atom stereocenters. The second-order valence-corrected chi connectivity index (χ2v) is 3.91. The van der Waals surface area contributed by atoms with E-state index in [1.807, 2.05) is 24.3 Å². The average molecular weight is 240 g/mol. The number of hydrazone groups is 1. The van der Waals surface area contributed by atoms with E-state index >= 15 is 0 Å². The molecule has 0 atom stereocenters. The van der Waals surface area contributed by atoms with E-state index in [0.29, 0.717) is 0 Å². The van der Waals surface area contributed by atoms with Crippen molar-refractivity contribution in [3.8, 4) is 12.1 Å². The minimum atomic E-state index is -0.168. The fourth-order valence-corrected chi connectivity index (χ4v) is 1.60. The Bertz CT molecular complexity index is 475. The van der Waals surface area contributed by atoms with E-state index in [4.69, 9.17) is 10.5 Å². The van der Waals surface area contributed by atoms with Crippen LogP contribution < -0.4 is 5.43 Å². The lowest BCUT2D eigenvalue weighted by atomic mass is 10.1. The second kappa shape index (κ2) is 7.86. The summed E-state index contributed by atoms with van der Waals surface area (Å²) in [5, 5.41) is 21.0. The fourth-order valence-electron chi connectivity index (χ4n) is 1.60. The van der Waals surface area contributed by atoms with Gasteiger partial charge in [-0.15, -0.1) is 0 Å². The number of rotatable bonds is 6. The lowest BCUT2D eigenvalue weighted by Gasteiger charge is -2.07. The highest BCUT2D eigenvalue weighted by molar-refractivity contribution is 6.10. The Morgan fingerprint density at radius 1 is 1.22 bits per heavy atom. The number of nitrogens with zero attached hydrogens (tertiary/aromatic N) is 3. The van der Waals surface area contributed by atoms with E-state index in [1.54, 1.807) is 12.1 Å².